The number of aromatic nitrogens is 2. The predicted molar refractivity (Wildman–Crippen MR) is 74.3 cm³/mol. The third-order valence-electron chi connectivity index (χ3n) is 3.10. The molecule has 0 fully saturated rings. The number of nitrogens with zero attached hydrogens (tertiary/aromatic N) is 2. The molecule has 4 nitrogen and oxygen atoms in total. The maximum Gasteiger partial charge on any atom is 0.230 e. The second kappa shape index (κ2) is 4.77. The summed E-state index contributed by atoms with van der Waals surface area (Å²) in [6, 6.07) is 8.45. The summed E-state index contributed by atoms with van der Waals surface area (Å²) >= 11 is 0. The average Bonchev–Trinajstić information content (AvgIpc) is 2.85. The van der Waals surface area contributed by atoms with E-state index >= 15 is 0 Å². The van der Waals surface area contributed by atoms with Gasteiger partial charge in [0.15, 0.2) is 0 Å². The van der Waals surface area contributed by atoms with E-state index in [2.05, 4.69) is 10.1 Å². The smallest absolute Gasteiger partial charge is 0.230 e. The minimum absolute atomic E-state index is 0.218. The summed E-state index contributed by atoms with van der Waals surface area (Å²) in [4.78, 5) is 4.06. The zero-order chi connectivity index (χ0) is 14.1. The van der Waals surface area contributed by atoms with Gasteiger partial charge in [0.2, 0.25) is 5.88 Å². The van der Waals surface area contributed by atoms with Gasteiger partial charge in [-0.15, -0.1) is 0 Å². The molecule has 0 bridgehead atoms. The molecular weight excluding hydrogens is 257 g/mol. The van der Waals surface area contributed by atoms with Crippen LogP contribution in [0.2, 0.25) is 0 Å². The molecule has 2 heterocycles. The third kappa shape index (κ3) is 2.03. The Labute approximate surface area is 115 Å². The Morgan fingerprint density at radius 1 is 1.20 bits per heavy atom. The first-order chi connectivity index (χ1) is 9.66. The van der Waals surface area contributed by atoms with E-state index in [0.717, 1.165) is 11.1 Å². The van der Waals surface area contributed by atoms with Gasteiger partial charge in [0.05, 0.1) is 5.56 Å². The normalized spacial score (nSPS) is 10.7. The highest BCUT2D eigenvalue weighted by Gasteiger charge is 2.18. The number of anilines is 1. The molecule has 0 aliphatic heterocycles. The number of hydrogen-bond donors (Lipinski definition) is 1. The molecule has 5 heteroatoms. The van der Waals surface area contributed by atoms with Crippen molar-refractivity contribution in [3.05, 3.63) is 54.1 Å². The Bertz CT molecular complexity index is 753. The van der Waals surface area contributed by atoms with Crippen LogP contribution in [0.1, 0.15) is 5.56 Å². The van der Waals surface area contributed by atoms with Crippen molar-refractivity contribution in [3.8, 4) is 22.4 Å². The molecule has 100 valence electrons. The molecule has 0 amide bonds. The molecule has 0 atom stereocenters. The fraction of sp³-hybridized carbons (Fsp3) is 0.0667. The van der Waals surface area contributed by atoms with Gasteiger partial charge in [-0.3, -0.25) is 4.98 Å². The quantitative estimate of drug-likeness (QED) is 0.774. The van der Waals surface area contributed by atoms with Crippen LogP contribution >= 0.6 is 0 Å². The Morgan fingerprint density at radius 3 is 2.75 bits per heavy atom. The van der Waals surface area contributed by atoms with Gasteiger partial charge in [0, 0.05) is 23.5 Å². The van der Waals surface area contributed by atoms with Gasteiger partial charge in [-0.2, -0.15) is 0 Å². The van der Waals surface area contributed by atoms with Gasteiger partial charge in [0.25, 0.3) is 0 Å². The Balaban J connectivity index is 2.18. The molecule has 0 aliphatic carbocycles. The highest BCUT2D eigenvalue weighted by atomic mass is 19.1. The lowest BCUT2D eigenvalue weighted by Crippen LogP contribution is -1.89. The zero-order valence-corrected chi connectivity index (χ0v) is 10.8. The molecule has 0 radical (unpaired) electrons. The maximum absolute atomic E-state index is 13.4. The number of halogens is 1. The molecule has 1 aromatic carbocycles. The Hall–Kier alpha value is -2.69. The maximum atomic E-state index is 13.4. The number of nitrogens with two attached hydrogens (primary N) is 1. The molecule has 0 aliphatic rings. The fourth-order valence-corrected chi connectivity index (χ4v) is 2.08. The van der Waals surface area contributed by atoms with Crippen molar-refractivity contribution < 1.29 is 8.91 Å². The van der Waals surface area contributed by atoms with E-state index in [9.17, 15) is 4.39 Å². The average molecular weight is 269 g/mol. The summed E-state index contributed by atoms with van der Waals surface area (Å²) in [5.41, 5.74) is 9.20. The summed E-state index contributed by atoms with van der Waals surface area (Å²) in [5, 5.41) is 3.98. The van der Waals surface area contributed by atoms with Crippen LogP contribution in [0.15, 0.2) is 47.2 Å². The summed E-state index contributed by atoms with van der Waals surface area (Å²) in [7, 11) is 0. The van der Waals surface area contributed by atoms with Crippen molar-refractivity contribution in [1.82, 2.24) is 10.1 Å². The van der Waals surface area contributed by atoms with E-state index in [4.69, 9.17) is 10.3 Å². The van der Waals surface area contributed by atoms with Crippen LogP contribution < -0.4 is 5.73 Å². The van der Waals surface area contributed by atoms with Gasteiger partial charge in [-0.05, 0) is 36.8 Å². The fourth-order valence-electron chi connectivity index (χ4n) is 2.08. The minimum atomic E-state index is -0.256. The van der Waals surface area contributed by atoms with Crippen molar-refractivity contribution in [2.45, 2.75) is 6.92 Å². The van der Waals surface area contributed by atoms with Crippen molar-refractivity contribution in [2.75, 3.05) is 5.73 Å². The lowest BCUT2D eigenvalue weighted by atomic mass is 10.0. The van der Waals surface area contributed by atoms with Crippen LogP contribution in [0.4, 0.5) is 10.3 Å². The largest absolute Gasteiger partial charge is 0.367 e. The number of pyridine rings is 1. The van der Waals surface area contributed by atoms with E-state index < -0.39 is 0 Å². The lowest BCUT2D eigenvalue weighted by Gasteiger charge is -2.04. The summed E-state index contributed by atoms with van der Waals surface area (Å²) < 4.78 is 18.4. The predicted octanol–water partition coefficient (Wildman–Crippen LogP) is 3.43. The zero-order valence-electron chi connectivity index (χ0n) is 10.8. The van der Waals surface area contributed by atoms with Gasteiger partial charge in [-0.25, -0.2) is 4.39 Å². The van der Waals surface area contributed by atoms with Crippen LogP contribution in [0, 0.1) is 12.7 Å². The summed E-state index contributed by atoms with van der Waals surface area (Å²) in [6.07, 6.45) is 3.36. The van der Waals surface area contributed by atoms with Gasteiger partial charge >= 0.3 is 0 Å². The first kappa shape index (κ1) is 12.3. The van der Waals surface area contributed by atoms with E-state index in [0.29, 0.717) is 16.8 Å². The molecule has 2 N–H and O–H groups in total. The van der Waals surface area contributed by atoms with Gasteiger partial charge in [0.1, 0.15) is 11.5 Å². The van der Waals surface area contributed by atoms with Crippen LogP contribution in [-0.4, -0.2) is 10.1 Å². The Kier molecular flexibility index (Phi) is 2.95. The molecule has 0 saturated heterocycles. The van der Waals surface area contributed by atoms with Crippen LogP contribution in [0.3, 0.4) is 0 Å². The van der Waals surface area contributed by atoms with Crippen molar-refractivity contribution in [2.24, 2.45) is 0 Å². The monoisotopic (exact) mass is 269 g/mol. The number of benzene rings is 1. The van der Waals surface area contributed by atoms with E-state index in [1.54, 1.807) is 31.5 Å². The first-order valence-corrected chi connectivity index (χ1v) is 6.09. The SMILES string of the molecule is Cc1cc(-c2noc(N)c2-c2cccnc2)ccc1F. The van der Waals surface area contributed by atoms with Gasteiger partial charge < -0.3 is 10.3 Å². The molecular formula is C15H12FN3O. The lowest BCUT2D eigenvalue weighted by molar-refractivity contribution is 0.439. The second-order valence-electron chi connectivity index (χ2n) is 4.48. The molecule has 3 rings (SSSR count). The highest BCUT2D eigenvalue weighted by Crippen LogP contribution is 2.36. The van der Waals surface area contributed by atoms with Gasteiger partial charge in [-0.1, -0.05) is 11.2 Å². The second-order valence-corrected chi connectivity index (χ2v) is 4.48. The standard InChI is InChI=1S/C15H12FN3O/c1-9-7-10(4-5-12(9)16)14-13(15(17)20-19-14)11-3-2-6-18-8-11/h2-8H,17H2,1H3. The van der Waals surface area contributed by atoms with E-state index in [-0.39, 0.29) is 11.7 Å². The van der Waals surface area contributed by atoms with Crippen molar-refractivity contribution in [3.63, 3.8) is 0 Å². The number of rotatable bonds is 2. The van der Waals surface area contributed by atoms with Crippen molar-refractivity contribution in [1.29, 1.82) is 0 Å². The minimum Gasteiger partial charge on any atom is -0.367 e. The molecule has 20 heavy (non-hydrogen) atoms. The number of nitrogen functional groups attached to an aromatic ring is 1. The van der Waals surface area contributed by atoms with E-state index in [1.165, 1.54) is 6.07 Å². The van der Waals surface area contributed by atoms with Crippen molar-refractivity contribution >= 4 is 5.88 Å². The number of aryl methyl sites for hydroxylation is 1. The summed E-state index contributed by atoms with van der Waals surface area (Å²) in [6.45, 7) is 1.70. The molecule has 2 aromatic heterocycles. The molecule has 0 unspecified atom stereocenters. The molecule has 3 aromatic rings. The van der Waals surface area contributed by atoms with E-state index in [1.807, 2.05) is 12.1 Å². The Morgan fingerprint density at radius 2 is 2.05 bits per heavy atom. The highest BCUT2D eigenvalue weighted by molar-refractivity contribution is 5.86. The summed E-state index contributed by atoms with van der Waals surface area (Å²) in [5.74, 6) is -0.0388. The molecule has 0 spiro atoms. The topological polar surface area (TPSA) is 64.9 Å². The first-order valence-electron chi connectivity index (χ1n) is 6.09. The number of hydrogen-bond acceptors (Lipinski definition) is 4. The molecule has 0 saturated carbocycles. The van der Waals surface area contributed by atoms with Crippen LogP contribution in [0.25, 0.3) is 22.4 Å². The van der Waals surface area contributed by atoms with Crippen LogP contribution in [0.5, 0.6) is 0 Å². The third-order valence-corrected chi connectivity index (χ3v) is 3.10. The van der Waals surface area contributed by atoms with Crippen LogP contribution in [-0.2, 0) is 0 Å².